The molecular formula is C14H18F2N2O2S. The SMILES string of the molecule is C=CCN(C)S(=O)(=O)c1cc(CNC2CC2)cc(F)c1F. The number of benzene rings is 1. The summed E-state index contributed by atoms with van der Waals surface area (Å²) in [5.74, 6) is -2.50. The van der Waals surface area contributed by atoms with Gasteiger partial charge >= 0.3 is 0 Å². The van der Waals surface area contributed by atoms with E-state index in [1.54, 1.807) is 0 Å². The molecule has 1 aromatic carbocycles. The molecule has 7 heteroatoms. The van der Waals surface area contributed by atoms with Crippen LogP contribution >= 0.6 is 0 Å². The van der Waals surface area contributed by atoms with E-state index in [0.717, 1.165) is 23.2 Å². The summed E-state index contributed by atoms with van der Waals surface area (Å²) in [4.78, 5) is -0.639. The van der Waals surface area contributed by atoms with E-state index < -0.39 is 26.6 Å². The van der Waals surface area contributed by atoms with Crippen molar-refractivity contribution in [3.63, 3.8) is 0 Å². The highest BCUT2D eigenvalue weighted by Crippen LogP contribution is 2.24. The zero-order chi connectivity index (χ0) is 15.6. The minimum atomic E-state index is -4.08. The fraction of sp³-hybridized carbons (Fsp3) is 0.429. The van der Waals surface area contributed by atoms with E-state index >= 15 is 0 Å². The topological polar surface area (TPSA) is 49.4 Å². The summed E-state index contributed by atoms with van der Waals surface area (Å²) in [7, 11) is -2.79. The lowest BCUT2D eigenvalue weighted by Gasteiger charge is -2.17. The first-order valence-electron chi connectivity index (χ1n) is 6.64. The van der Waals surface area contributed by atoms with E-state index in [-0.39, 0.29) is 6.54 Å². The molecule has 21 heavy (non-hydrogen) atoms. The predicted molar refractivity (Wildman–Crippen MR) is 76.2 cm³/mol. The standard InChI is InChI=1S/C14H18F2N2O2S/c1-3-6-18(2)21(19,20)13-8-10(7-12(15)14(13)16)9-17-11-4-5-11/h3,7-8,11,17H,1,4-6,9H2,2H3. The molecule has 4 nitrogen and oxygen atoms in total. The van der Waals surface area contributed by atoms with E-state index in [0.29, 0.717) is 18.2 Å². The van der Waals surface area contributed by atoms with Crippen molar-refractivity contribution in [3.05, 3.63) is 42.0 Å². The largest absolute Gasteiger partial charge is 0.310 e. The average Bonchev–Trinajstić information content (AvgIpc) is 3.24. The number of rotatable bonds is 7. The summed E-state index contributed by atoms with van der Waals surface area (Å²) >= 11 is 0. The molecule has 0 spiro atoms. The van der Waals surface area contributed by atoms with Crippen LogP contribution in [0.3, 0.4) is 0 Å². The van der Waals surface area contributed by atoms with Gasteiger partial charge in [0.2, 0.25) is 10.0 Å². The third-order valence-corrected chi connectivity index (χ3v) is 5.12. The molecule has 0 atom stereocenters. The van der Waals surface area contributed by atoms with Crippen molar-refractivity contribution in [2.75, 3.05) is 13.6 Å². The third kappa shape index (κ3) is 3.66. The van der Waals surface area contributed by atoms with Gasteiger partial charge in [-0.15, -0.1) is 6.58 Å². The maximum absolute atomic E-state index is 13.9. The Morgan fingerprint density at radius 1 is 1.43 bits per heavy atom. The maximum Gasteiger partial charge on any atom is 0.246 e. The van der Waals surface area contributed by atoms with Crippen LogP contribution in [0.2, 0.25) is 0 Å². The fourth-order valence-electron chi connectivity index (χ4n) is 1.90. The molecule has 0 radical (unpaired) electrons. The molecule has 1 aliphatic rings. The molecule has 1 saturated carbocycles. The highest BCUT2D eigenvalue weighted by molar-refractivity contribution is 7.89. The summed E-state index contributed by atoms with van der Waals surface area (Å²) < 4.78 is 52.9. The zero-order valence-corrected chi connectivity index (χ0v) is 12.6. The van der Waals surface area contributed by atoms with Gasteiger partial charge in [-0.05, 0) is 30.5 Å². The van der Waals surface area contributed by atoms with E-state index in [9.17, 15) is 17.2 Å². The first kappa shape index (κ1) is 16.1. The number of likely N-dealkylation sites (N-methyl/N-ethyl adjacent to an activating group) is 1. The minimum Gasteiger partial charge on any atom is -0.310 e. The Morgan fingerprint density at radius 2 is 2.10 bits per heavy atom. The van der Waals surface area contributed by atoms with Gasteiger partial charge in [-0.3, -0.25) is 0 Å². The number of nitrogens with one attached hydrogen (secondary N) is 1. The monoisotopic (exact) mass is 316 g/mol. The molecule has 0 saturated heterocycles. The van der Waals surface area contributed by atoms with Crippen molar-refractivity contribution in [2.45, 2.75) is 30.3 Å². The molecule has 1 aliphatic carbocycles. The lowest BCUT2D eigenvalue weighted by atomic mass is 10.2. The van der Waals surface area contributed by atoms with Gasteiger partial charge in [0.05, 0.1) is 0 Å². The van der Waals surface area contributed by atoms with Gasteiger partial charge in [0.25, 0.3) is 0 Å². The van der Waals surface area contributed by atoms with Crippen molar-refractivity contribution < 1.29 is 17.2 Å². The summed E-state index contributed by atoms with van der Waals surface area (Å²) in [5, 5.41) is 3.14. The van der Waals surface area contributed by atoms with Crippen LogP contribution in [0.15, 0.2) is 29.7 Å². The van der Waals surface area contributed by atoms with Crippen LogP contribution in [0.25, 0.3) is 0 Å². The van der Waals surface area contributed by atoms with Crippen molar-refractivity contribution in [1.82, 2.24) is 9.62 Å². The van der Waals surface area contributed by atoms with Crippen molar-refractivity contribution in [3.8, 4) is 0 Å². The molecule has 1 N–H and O–H groups in total. The van der Waals surface area contributed by atoms with Crippen molar-refractivity contribution in [2.24, 2.45) is 0 Å². The van der Waals surface area contributed by atoms with Crippen LogP contribution < -0.4 is 5.32 Å². The second-order valence-electron chi connectivity index (χ2n) is 5.12. The van der Waals surface area contributed by atoms with Crippen LogP contribution in [0, 0.1) is 11.6 Å². The predicted octanol–water partition coefficient (Wildman–Crippen LogP) is 2.02. The van der Waals surface area contributed by atoms with E-state index in [4.69, 9.17) is 0 Å². The van der Waals surface area contributed by atoms with Gasteiger partial charge in [-0.2, -0.15) is 4.31 Å². The Labute approximate surface area is 123 Å². The molecule has 1 aromatic rings. The van der Waals surface area contributed by atoms with Gasteiger partial charge in [0.1, 0.15) is 4.90 Å². The molecule has 0 aliphatic heterocycles. The number of nitrogens with zero attached hydrogens (tertiary/aromatic N) is 1. The second kappa shape index (κ2) is 6.21. The molecule has 0 bridgehead atoms. The fourth-order valence-corrected chi connectivity index (χ4v) is 3.17. The molecule has 2 rings (SSSR count). The first-order valence-corrected chi connectivity index (χ1v) is 8.08. The van der Waals surface area contributed by atoms with Gasteiger partial charge in [0.15, 0.2) is 11.6 Å². The highest BCUT2D eigenvalue weighted by atomic mass is 32.2. The minimum absolute atomic E-state index is 0.0218. The zero-order valence-electron chi connectivity index (χ0n) is 11.8. The maximum atomic E-state index is 13.9. The van der Waals surface area contributed by atoms with Crippen LogP contribution in [0.5, 0.6) is 0 Å². The van der Waals surface area contributed by atoms with E-state index in [1.165, 1.54) is 19.2 Å². The van der Waals surface area contributed by atoms with Gasteiger partial charge in [0, 0.05) is 26.2 Å². The van der Waals surface area contributed by atoms with Gasteiger partial charge < -0.3 is 5.32 Å². The normalized spacial score (nSPS) is 15.4. The molecule has 116 valence electrons. The number of halogens is 2. The van der Waals surface area contributed by atoms with E-state index in [1.807, 2.05) is 0 Å². The Morgan fingerprint density at radius 3 is 2.67 bits per heavy atom. The summed E-state index contributed by atoms with van der Waals surface area (Å²) in [5.41, 5.74) is 0.409. The lowest BCUT2D eigenvalue weighted by Crippen LogP contribution is -2.28. The summed E-state index contributed by atoms with van der Waals surface area (Å²) in [6.45, 7) is 3.77. The van der Waals surface area contributed by atoms with Crippen LogP contribution in [0.4, 0.5) is 8.78 Å². The molecular weight excluding hydrogens is 298 g/mol. The highest BCUT2D eigenvalue weighted by Gasteiger charge is 2.27. The Kier molecular flexibility index (Phi) is 4.75. The van der Waals surface area contributed by atoms with Crippen molar-refractivity contribution in [1.29, 1.82) is 0 Å². The van der Waals surface area contributed by atoms with Crippen LogP contribution in [-0.2, 0) is 16.6 Å². The van der Waals surface area contributed by atoms with Gasteiger partial charge in [-0.25, -0.2) is 17.2 Å². The molecule has 0 heterocycles. The summed E-state index contributed by atoms with van der Waals surface area (Å²) in [6, 6.07) is 2.60. The smallest absolute Gasteiger partial charge is 0.246 e. The average molecular weight is 316 g/mol. The molecule has 0 aromatic heterocycles. The quantitative estimate of drug-likeness (QED) is 0.783. The van der Waals surface area contributed by atoms with Gasteiger partial charge in [-0.1, -0.05) is 6.08 Å². The van der Waals surface area contributed by atoms with Crippen LogP contribution in [-0.4, -0.2) is 32.4 Å². The lowest BCUT2D eigenvalue weighted by molar-refractivity contribution is 0.462. The van der Waals surface area contributed by atoms with E-state index in [2.05, 4.69) is 11.9 Å². The molecule has 1 fully saturated rings. The Balaban J connectivity index is 2.34. The Hall–Kier alpha value is -1.31. The first-order chi connectivity index (χ1) is 9.86. The summed E-state index contributed by atoms with van der Waals surface area (Å²) in [6.07, 6.45) is 3.48. The Bertz CT molecular complexity index is 643. The van der Waals surface area contributed by atoms with Crippen molar-refractivity contribution >= 4 is 10.0 Å². The third-order valence-electron chi connectivity index (χ3n) is 3.30. The number of hydrogen-bond acceptors (Lipinski definition) is 3. The van der Waals surface area contributed by atoms with Crippen LogP contribution in [0.1, 0.15) is 18.4 Å². The number of hydrogen-bond donors (Lipinski definition) is 1. The number of sulfonamides is 1. The second-order valence-corrected chi connectivity index (χ2v) is 7.13. The molecule has 0 amide bonds. The molecule has 0 unspecified atom stereocenters.